The summed E-state index contributed by atoms with van der Waals surface area (Å²) in [5.74, 6) is 0.211. The lowest BCUT2D eigenvalue weighted by Gasteiger charge is -2.27. The Morgan fingerprint density at radius 2 is 2.20 bits per heavy atom. The standard InChI is InChI=1S/C16H19N3O/c20-15-9-17-6-8-18(15)10-13-11-19-7-2-4-12-3-1-5-14(13)16(12)19/h1,3,5,11,17H,2,4,6-10H2. The van der Waals surface area contributed by atoms with Gasteiger partial charge in [0.1, 0.15) is 0 Å². The maximum absolute atomic E-state index is 11.9. The molecule has 4 nitrogen and oxygen atoms in total. The summed E-state index contributed by atoms with van der Waals surface area (Å²) in [6.45, 7) is 4.03. The average molecular weight is 269 g/mol. The molecule has 1 aromatic heterocycles. The quantitative estimate of drug-likeness (QED) is 0.897. The van der Waals surface area contributed by atoms with Crippen molar-refractivity contribution in [3.63, 3.8) is 0 Å². The molecule has 4 heteroatoms. The van der Waals surface area contributed by atoms with E-state index in [1.54, 1.807) is 0 Å². The number of para-hydroxylation sites is 1. The minimum Gasteiger partial charge on any atom is -0.347 e. The molecule has 3 heterocycles. The molecule has 1 N–H and O–H groups in total. The lowest BCUT2D eigenvalue weighted by Crippen LogP contribution is -2.47. The van der Waals surface area contributed by atoms with E-state index in [2.05, 4.69) is 34.3 Å². The summed E-state index contributed by atoms with van der Waals surface area (Å²) in [7, 11) is 0. The van der Waals surface area contributed by atoms with E-state index in [-0.39, 0.29) is 5.91 Å². The van der Waals surface area contributed by atoms with Gasteiger partial charge in [0.25, 0.3) is 0 Å². The minimum absolute atomic E-state index is 0.211. The van der Waals surface area contributed by atoms with Crippen LogP contribution in [0.25, 0.3) is 10.9 Å². The van der Waals surface area contributed by atoms with E-state index >= 15 is 0 Å². The van der Waals surface area contributed by atoms with Gasteiger partial charge in [-0.25, -0.2) is 0 Å². The molecular weight excluding hydrogens is 250 g/mol. The van der Waals surface area contributed by atoms with Crippen LogP contribution in [0.1, 0.15) is 17.5 Å². The molecule has 2 aliphatic heterocycles. The molecule has 0 bridgehead atoms. The Bertz CT molecular complexity index is 674. The molecule has 104 valence electrons. The minimum atomic E-state index is 0.211. The van der Waals surface area contributed by atoms with Gasteiger partial charge in [-0.2, -0.15) is 0 Å². The summed E-state index contributed by atoms with van der Waals surface area (Å²) in [5.41, 5.74) is 4.13. The topological polar surface area (TPSA) is 37.3 Å². The van der Waals surface area contributed by atoms with Crippen LogP contribution in [0.4, 0.5) is 0 Å². The first-order chi connectivity index (χ1) is 9.83. The zero-order valence-electron chi connectivity index (χ0n) is 11.6. The molecule has 1 saturated heterocycles. The van der Waals surface area contributed by atoms with Crippen molar-refractivity contribution in [1.29, 1.82) is 0 Å². The highest BCUT2D eigenvalue weighted by Gasteiger charge is 2.21. The highest BCUT2D eigenvalue weighted by atomic mass is 16.2. The zero-order valence-corrected chi connectivity index (χ0v) is 11.6. The molecule has 2 aromatic rings. The van der Waals surface area contributed by atoms with Crippen molar-refractivity contribution < 1.29 is 4.79 Å². The lowest BCUT2D eigenvalue weighted by atomic mass is 10.0. The Morgan fingerprint density at radius 1 is 1.25 bits per heavy atom. The monoisotopic (exact) mass is 269 g/mol. The Kier molecular flexibility index (Phi) is 2.77. The molecule has 4 rings (SSSR count). The molecule has 0 unspecified atom stereocenters. The number of nitrogens with one attached hydrogen (secondary N) is 1. The summed E-state index contributed by atoms with van der Waals surface area (Å²) >= 11 is 0. The molecule has 0 spiro atoms. The maximum Gasteiger partial charge on any atom is 0.236 e. The SMILES string of the molecule is O=C1CNCCN1Cc1cn2c3c(cccc13)CCC2. The maximum atomic E-state index is 11.9. The third kappa shape index (κ3) is 1.83. The number of nitrogens with zero attached hydrogens (tertiary/aromatic N) is 2. The van der Waals surface area contributed by atoms with Gasteiger partial charge < -0.3 is 14.8 Å². The fraction of sp³-hybridized carbons (Fsp3) is 0.438. The molecule has 0 radical (unpaired) electrons. The Balaban J connectivity index is 1.74. The van der Waals surface area contributed by atoms with E-state index in [0.29, 0.717) is 6.54 Å². The molecule has 1 fully saturated rings. The normalized spacial score (nSPS) is 18.8. The third-order valence-electron chi connectivity index (χ3n) is 4.46. The second-order valence-electron chi connectivity index (χ2n) is 5.76. The number of aromatic nitrogens is 1. The highest BCUT2D eigenvalue weighted by Crippen LogP contribution is 2.30. The Hall–Kier alpha value is -1.81. The van der Waals surface area contributed by atoms with Crippen LogP contribution in [-0.4, -0.2) is 35.0 Å². The van der Waals surface area contributed by atoms with Crippen LogP contribution in [0.3, 0.4) is 0 Å². The number of aryl methyl sites for hydroxylation is 2. The number of rotatable bonds is 2. The fourth-order valence-electron chi connectivity index (χ4n) is 3.47. The second-order valence-corrected chi connectivity index (χ2v) is 5.76. The average Bonchev–Trinajstić information content (AvgIpc) is 2.82. The number of piperazine rings is 1. The van der Waals surface area contributed by atoms with Gasteiger partial charge in [-0.1, -0.05) is 18.2 Å². The summed E-state index contributed by atoms with van der Waals surface area (Å²) in [6.07, 6.45) is 4.64. The van der Waals surface area contributed by atoms with Gasteiger partial charge in [-0.3, -0.25) is 4.79 Å². The molecule has 1 aromatic carbocycles. The van der Waals surface area contributed by atoms with E-state index in [4.69, 9.17) is 0 Å². The van der Waals surface area contributed by atoms with Crippen molar-refractivity contribution in [3.8, 4) is 0 Å². The van der Waals surface area contributed by atoms with Crippen LogP contribution in [-0.2, 0) is 24.3 Å². The summed E-state index contributed by atoms with van der Waals surface area (Å²) in [4.78, 5) is 13.9. The van der Waals surface area contributed by atoms with Crippen LogP contribution in [0.15, 0.2) is 24.4 Å². The van der Waals surface area contributed by atoms with Gasteiger partial charge in [0, 0.05) is 37.8 Å². The first-order valence-electron chi connectivity index (χ1n) is 7.41. The summed E-state index contributed by atoms with van der Waals surface area (Å²) < 4.78 is 2.37. The lowest BCUT2D eigenvalue weighted by molar-refractivity contribution is -0.132. The molecule has 0 saturated carbocycles. The van der Waals surface area contributed by atoms with Gasteiger partial charge >= 0.3 is 0 Å². The van der Waals surface area contributed by atoms with Crippen LogP contribution >= 0.6 is 0 Å². The van der Waals surface area contributed by atoms with Crippen molar-refractivity contribution in [2.24, 2.45) is 0 Å². The smallest absolute Gasteiger partial charge is 0.236 e. The van der Waals surface area contributed by atoms with Gasteiger partial charge in [-0.15, -0.1) is 0 Å². The zero-order chi connectivity index (χ0) is 13.5. The fourth-order valence-corrected chi connectivity index (χ4v) is 3.47. The molecule has 0 aliphatic carbocycles. The van der Waals surface area contributed by atoms with E-state index in [0.717, 1.165) is 26.2 Å². The van der Waals surface area contributed by atoms with Crippen LogP contribution in [0.2, 0.25) is 0 Å². The third-order valence-corrected chi connectivity index (χ3v) is 4.46. The number of amides is 1. The summed E-state index contributed by atoms with van der Waals surface area (Å²) in [6, 6.07) is 6.58. The summed E-state index contributed by atoms with van der Waals surface area (Å²) in [5, 5.41) is 4.45. The van der Waals surface area contributed by atoms with Crippen molar-refractivity contribution in [2.45, 2.75) is 25.9 Å². The predicted octanol–water partition coefficient (Wildman–Crippen LogP) is 1.52. The Labute approximate surface area is 118 Å². The van der Waals surface area contributed by atoms with Gasteiger partial charge in [-0.05, 0) is 24.0 Å². The van der Waals surface area contributed by atoms with Crippen LogP contribution in [0.5, 0.6) is 0 Å². The van der Waals surface area contributed by atoms with E-state index in [1.807, 2.05) is 4.90 Å². The van der Waals surface area contributed by atoms with E-state index < -0.39 is 0 Å². The molecule has 2 aliphatic rings. The van der Waals surface area contributed by atoms with Gasteiger partial charge in [0.2, 0.25) is 5.91 Å². The molecule has 20 heavy (non-hydrogen) atoms. The number of benzene rings is 1. The van der Waals surface area contributed by atoms with Crippen molar-refractivity contribution in [1.82, 2.24) is 14.8 Å². The molecule has 0 atom stereocenters. The first-order valence-corrected chi connectivity index (χ1v) is 7.41. The first kappa shape index (κ1) is 12.0. The largest absolute Gasteiger partial charge is 0.347 e. The molecular formula is C16H19N3O. The second kappa shape index (κ2) is 4.63. The number of hydrogen-bond donors (Lipinski definition) is 1. The van der Waals surface area contributed by atoms with E-state index in [9.17, 15) is 4.79 Å². The van der Waals surface area contributed by atoms with E-state index in [1.165, 1.54) is 34.9 Å². The van der Waals surface area contributed by atoms with Crippen molar-refractivity contribution >= 4 is 16.8 Å². The Morgan fingerprint density at radius 3 is 3.10 bits per heavy atom. The van der Waals surface area contributed by atoms with Crippen molar-refractivity contribution in [3.05, 3.63) is 35.5 Å². The van der Waals surface area contributed by atoms with Gasteiger partial charge in [0.05, 0.1) is 12.1 Å². The predicted molar refractivity (Wildman–Crippen MR) is 78.5 cm³/mol. The van der Waals surface area contributed by atoms with Gasteiger partial charge in [0.15, 0.2) is 0 Å². The number of carbonyl (C=O) groups is 1. The number of hydrogen-bond acceptors (Lipinski definition) is 2. The van der Waals surface area contributed by atoms with Crippen molar-refractivity contribution in [2.75, 3.05) is 19.6 Å². The molecule has 1 amide bonds. The van der Waals surface area contributed by atoms with Crippen LogP contribution < -0.4 is 5.32 Å². The number of carbonyl (C=O) groups excluding carboxylic acids is 1. The van der Waals surface area contributed by atoms with Crippen LogP contribution in [0, 0.1) is 0 Å². The highest BCUT2D eigenvalue weighted by molar-refractivity contribution is 5.88.